The van der Waals surface area contributed by atoms with Crippen molar-refractivity contribution in [3.8, 4) is 0 Å². The summed E-state index contributed by atoms with van der Waals surface area (Å²) < 4.78 is 6.85. The van der Waals surface area contributed by atoms with Gasteiger partial charge in [0.1, 0.15) is 5.76 Å². The first-order chi connectivity index (χ1) is 14.7. The largest absolute Gasteiger partial charge is 0.542 e. The molecule has 0 unspecified atom stereocenters. The molecule has 3 aromatic carbocycles. The zero-order valence-corrected chi connectivity index (χ0v) is 20.5. The van der Waals surface area contributed by atoms with Crippen molar-refractivity contribution in [3.05, 3.63) is 114 Å². The highest BCUT2D eigenvalue weighted by molar-refractivity contribution is 6.74. The lowest BCUT2D eigenvalue weighted by Gasteiger charge is -2.38. The van der Waals surface area contributed by atoms with E-state index in [0.717, 1.165) is 24.4 Å². The topological polar surface area (TPSA) is 12.5 Å². The molecule has 0 saturated heterocycles. The molecule has 3 aromatic rings. The molecule has 0 aromatic heterocycles. The van der Waals surface area contributed by atoms with E-state index in [1.807, 2.05) is 0 Å². The monoisotopic (exact) mass is 429 g/mol. The van der Waals surface area contributed by atoms with E-state index in [0.29, 0.717) is 0 Å². The lowest BCUT2D eigenvalue weighted by molar-refractivity contribution is 0.350. The summed E-state index contributed by atoms with van der Waals surface area (Å²) in [6.07, 6.45) is 2.22. The summed E-state index contributed by atoms with van der Waals surface area (Å²) in [6, 6.07) is 31.8. The fraction of sp³-hybridized carbons (Fsp3) is 0.286. The minimum Gasteiger partial charge on any atom is -0.542 e. The van der Waals surface area contributed by atoms with E-state index in [9.17, 15) is 0 Å². The average Bonchev–Trinajstić information content (AvgIpc) is 2.74. The quantitative estimate of drug-likeness (QED) is 0.268. The Kier molecular flexibility index (Phi) is 7.40. The maximum Gasteiger partial charge on any atom is 0.250 e. The van der Waals surface area contributed by atoms with Gasteiger partial charge in [-0.15, -0.1) is 0 Å². The molecule has 0 N–H and O–H groups in total. The van der Waals surface area contributed by atoms with Gasteiger partial charge in [-0.1, -0.05) is 112 Å². The first-order valence-electron chi connectivity index (χ1n) is 11.0. The van der Waals surface area contributed by atoms with Gasteiger partial charge < -0.3 is 9.33 Å². The van der Waals surface area contributed by atoms with E-state index >= 15 is 0 Å². The molecule has 0 bridgehead atoms. The van der Waals surface area contributed by atoms with Crippen molar-refractivity contribution < 1.29 is 4.43 Å². The second-order valence-electron chi connectivity index (χ2n) is 9.60. The van der Waals surface area contributed by atoms with Gasteiger partial charge in [0.25, 0.3) is 8.32 Å². The second-order valence-corrected chi connectivity index (χ2v) is 14.3. The molecule has 0 aliphatic heterocycles. The van der Waals surface area contributed by atoms with Gasteiger partial charge in [-0.05, 0) is 29.3 Å². The highest BCUT2D eigenvalue weighted by atomic mass is 28.4. The van der Waals surface area contributed by atoms with Gasteiger partial charge in [-0.2, -0.15) is 0 Å². The summed E-state index contributed by atoms with van der Waals surface area (Å²) in [4.78, 5) is 2.36. The molecule has 3 heteroatoms. The molecule has 0 aliphatic carbocycles. The van der Waals surface area contributed by atoms with E-state index in [4.69, 9.17) is 4.43 Å². The van der Waals surface area contributed by atoms with Crippen molar-refractivity contribution in [2.24, 2.45) is 0 Å². The van der Waals surface area contributed by atoms with Crippen molar-refractivity contribution in [1.29, 1.82) is 0 Å². The van der Waals surface area contributed by atoms with E-state index in [1.54, 1.807) is 0 Å². The highest BCUT2D eigenvalue weighted by Crippen LogP contribution is 2.39. The normalized spacial score (nSPS) is 12.5. The van der Waals surface area contributed by atoms with Crippen LogP contribution in [0.2, 0.25) is 18.1 Å². The van der Waals surface area contributed by atoms with Gasteiger partial charge in [0, 0.05) is 24.9 Å². The van der Waals surface area contributed by atoms with Crippen molar-refractivity contribution in [2.45, 2.75) is 52.0 Å². The molecule has 162 valence electrons. The first-order valence-corrected chi connectivity index (χ1v) is 13.9. The molecule has 2 nitrogen and oxygen atoms in total. The summed E-state index contributed by atoms with van der Waals surface area (Å²) in [5.41, 5.74) is 3.70. The van der Waals surface area contributed by atoms with Crippen LogP contribution in [0.4, 0.5) is 0 Å². The Morgan fingerprint density at radius 2 is 1.16 bits per heavy atom. The second kappa shape index (κ2) is 10.0. The number of nitrogens with zero attached hydrogens (tertiary/aromatic N) is 1. The van der Waals surface area contributed by atoms with Crippen molar-refractivity contribution >= 4 is 14.1 Å². The molecule has 0 saturated carbocycles. The maximum atomic E-state index is 6.85. The van der Waals surface area contributed by atoms with Crippen LogP contribution in [0.25, 0.3) is 5.76 Å². The molecule has 0 aliphatic rings. The molecular weight excluding hydrogens is 394 g/mol. The third-order valence-corrected chi connectivity index (χ3v) is 10.3. The van der Waals surface area contributed by atoms with Crippen LogP contribution in [0.15, 0.2) is 97.2 Å². The Morgan fingerprint density at radius 3 is 1.58 bits per heavy atom. The van der Waals surface area contributed by atoms with Crippen molar-refractivity contribution in [3.63, 3.8) is 0 Å². The standard InChI is InChI=1S/C28H35NOSi/c1-28(2,3)31(4,5)30-27(26-19-13-8-14-20-26)23-29(21-24-15-9-6-10-16-24)22-25-17-11-7-12-18-25/h6-20,23H,21-22H2,1-5H3/b27-23+. The summed E-state index contributed by atoms with van der Waals surface area (Å²) in [7, 11) is -2.00. The maximum absolute atomic E-state index is 6.85. The smallest absolute Gasteiger partial charge is 0.250 e. The SMILES string of the molecule is CC(C)(C)[Si](C)(C)O/C(=C/N(Cc1ccccc1)Cc1ccccc1)c1ccccc1. The minimum absolute atomic E-state index is 0.130. The van der Waals surface area contributed by atoms with Crippen LogP contribution in [-0.4, -0.2) is 13.2 Å². The van der Waals surface area contributed by atoms with Gasteiger partial charge >= 0.3 is 0 Å². The molecular formula is C28H35NOSi. The molecule has 0 radical (unpaired) electrons. The average molecular weight is 430 g/mol. The summed E-state index contributed by atoms with van der Waals surface area (Å²) in [6.45, 7) is 13.1. The summed E-state index contributed by atoms with van der Waals surface area (Å²) in [5, 5.41) is 0.130. The minimum atomic E-state index is -2.00. The fourth-order valence-corrected chi connectivity index (χ4v) is 4.17. The van der Waals surface area contributed by atoms with Gasteiger partial charge in [-0.3, -0.25) is 0 Å². The van der Waals surface area contributed by atoms with Crippen LogP contribution in [0.3, 0.4) is 0 Å². The van der Waals surface area contributed by atoms with E-state index in [1.165, 1.54) is 11.1 Å². The fourth-order valence-electron chi connectivity index (χ4n) is 3.14. The molecule has 3 rings (SSSR count). The van der Waals surface area contributed by atoms with Crippen LogP contribution in [0, 0.1) is 0 Å². The van der Waals surface area contributed by atoms with Gasteiger partial charge in [0.05, 0.1) is 0 Å². The number of benzene rings is 3. The summed E-state index contributed by atoms with van der Waals surface area (Å²) in [5.74, 6) is 0.957. The van der Waals surface area contributed by atoms with Crippen molar-refractivity contribution in [2.75, 3.05) is 0 Å². The molecule has 0 spiro atoms. The predicted molar refractivity (Wildman–Crippen MR) is 135 cm³/mol. The highest BCUT2D eigenvalue weighted by Gasteiger charge is 2.39. The Morgan fingerprint density at radius 1 is 0.742 bits per heavy atom. The molecule has 0 fully saturated rings. The van der Waals surface area contributed by atoms with Crippen LogP contribution in [-0.2, 0) is 17.5 Å². The Hall–Kier alpha value is -2.78. The third-order valence-electron chi connectivity index (χ3n) is 5.99. The van der Waals surface area contributed by atoms with Crippen molar-refractivity contribution in [1.82, 2.24) is 4.90 Å². The first kappa shape index (κ1) is 22.9. The molecule has 31 heavy (non-hydrogen) atoms. The number of hydrogen-bond acceptors (Lipinski definition) is 2. The number of hydrogen-bond donors (Lipinski definition) is 0. The Balaban J connectivity index is 1.99. The van der Waals surface area contributed by atoms with Crippen LogP contribution >= 0.6 is 0 Å². The van der Waals surface area contributed by atoms with Gasteiger partial charge in [0.2, 0.25) is 0 Å². The summed E-state index contributed by atoms with van der Waals surface area (Å²) >= 11 is 0. The third kappa shape index (κ3) is 6.60. The molecule has 0 atom stereocenters. The van der Waals surface area contributed by atoms with Gasteiger partial charge in [-0.25, -0.2) is 0 Å². The van der Waals surface area contributed by atoms with Crippen LogP contribution < -0.4 is 0 Å². The lowest BCUT2D eigenvalue weighted by Crippen LogP contribution is -2.40. The predicted octanol–water partition coefficient (Wildman–Crippen LogP) is 7.71. The van der Waals surface area contributed by atoms with E-state index < -0.39 is 8.32 Å². The van der Waals surface area contributed by atoms with Gasteiger partial charge in [0.15, 0.2) is 0 Å². The zero-order valence-electron chi connectivity index (χ0n) is 19.5. The van der Waals surface area contributed by atoms with Crippen LogP contribution in [0.5, 0.6) is 0 Å². The molecule has 0 amide bonds. The lowest BCUT2D eigenvalue weighted by atomic mass is 10.1. The molecule has 0 heterocycles. The Bertz CT molecular complexity index is 919. The Labute approximate surface area is 189 Å². The number of rotatable bonds is 8. The van der Waals surface area contributed by atoms with E-state index in [-0.39, 0.29) is 5.04 Å². The van der Waals surface area contributed by atoms with Crippen LogP contribution in [0.1, 0.15) is 37.5 Å². The zero-order chi connectivity index (χ0) is 22.3. The van der Waals surface area contributed by atoms with E-state index in [2.05, 4.69) is 136 Å².